The molecule has 12 nitrogen and oxygen atoms in total. The molecular formula is C28H34ClF6N7O5. The number of aromatic amines is 1. The monoisotopic (exact) mass is 697 g/mol. The zero-order valence-corrected chi connectivity index (χ0v) is 25.8. The van der Waals surface area contributed by atoms with E-state index >= 15 is 0 Å². The van der Waals surface area contributed by atoms with Gasteiger partial charge in [-0.15, -0.1) is 0 Å². The number of fused-ring (bicyclic) bond motifs is 1. The summed E-state index contributed by atoms with van der Waals surface area (Å²) in [4.78, 5) is 37.8. The molecule has 5 rings (SSSR count). The zero-order valence-electron chi connectivity index (χ0n) is 25.1. The van der Waals surface area contributed by atoms with E-state index in [2.05, 4.69) is 30.7 Å². The van der Waals surface area contributed by atoms with Gasteiger partial charge in [0.05, 0.1) is 11.2 Å². The predicted octanol–water partition coefficient (Wildman–Crippen LogP) is 4.42. The molecule has 1 aliphatic carbocycles. The highest BCUT2D eigenvalue weighted by atomic mass is 35.5. The van der Waals surface area contributed by atoms with Gasteiger partial charge in [0.25, 0.3) is 5.56 Å². The largest absolute Gasteiger partial charge is 0.490 e. The Labute approximate surface area is 269 Å². The summed E-state index contributed by atoms with van der Waals surface area (Å²) in [5.74, 6) is -4.17. The first-order chi connectivity index (χ1) is 22.0. The van der Waals surface area contributed by atoms with Crippen LogP contribution in [0.25, 0.3) is 10.9 Å². The summed E-state index contributed by atoms with van der Waals surface area (Å²) < 4.78 is 65.3. The minimum Gasteiger partial charge on any atom is -0.475 e. The van der Waals surface area contributed by atoms with Gasteiger partial charge in [-0.2, -0.15) is 31.4 Å². The van der Waals surface area contributed by atoms with Crippen LogP contribution in [0, 0.1) is 12.8 Å². The third-order valence-electron chi connectivity index (χ3n) is 7.34. The van der Waals surface area contributed by atoms with E-state index in [0.29, 0.717) is 36.5 Å². The third-order valence-corrected chi connectivity index (χ3v) is 7.58. The lowest BCUT2D eigenvalue weighted by Crippen LogP contribution is -2.38. The minimum absolute atomic E-state index is 0.0534. The fourth-order valence-electron chi connectivity index (χ4n) is 4.76. The van der Waals surface area contributed by atoms with Gasteiger partial charge < -0.3 is 25.4 Å². The topological polar surface area (TPSA) is 165 Å². The van der Waals surface area contributed by atoms with Gasteiger partial charge in [0, 0.05) is 61.1 Å². The van der Waals surface area contributed by atoms with Crippen molar-refractivity contribution in [2.24, 2.45) is 5.92 Å². The summed E-state index contributed by atoms with van der Waals surface area (Å²) in [5, 5.41) is 30.1. The highest BCUT2D eigenvalue weighted by Crippen LogP contribution is 2.32. The van der Waals surface area contributed by atoms with E-state index in [0.717, 1.165) is 34.8 Å². The molecule has 2 aliphatic rings. The van der Waals surface area contributed by atoms with Crippen LogP contribution in [0.15, 0.2) is 29.2 Å². The summed E-state index contributed by atoms with van der Waals surface area (Å²) in [6.07, 6.45) is -3.20. The van der Waals surface area contributed by atoms with E-state index in [1.807, 2.05) is 25.1 Å². The van der Waals surface area contributed by atoms with Gasteiger partial charge in [0.2, 0.25) is 0 Å². The van der Waals surface area contributed by atoms with Crippen molar-refractivity contribution in [1.82, 2.24) is 30.0 Å². The molecule has 0 amide bonds. The Kier molecular flexibility index (Phi) is 13.0. The van der Waals surface area contributed by atoms with Crippen LogP contribution in [0.2, 0.25) is 5.02 Å². The van der Waals surface area contributed by atoms with E-state index in [1.54, 1.807) is 10.8 Å². The molecule has 1 aliphatic heterocycles. The number of rotatable bonds is 10. The fourth-order valence-corrected chi connectivity index (χ4v) is 4.93. The van der Waals surface area contributed by atoms with Crippen LogP contribution in [-0.4, -0.2) is 91.4 Å². The number of carbonyl (C=O) groups is 2. The summed E-state index contributed by atoms with van der Waals surface area (Å²) in [6.45, 7) is 6.95. The van der Waals surface area contributed by atoms with E-state index in [4.69, 9.17) is 31.4 Å². The van der Waals surface area contributed by atoms with Crippen LogP contribution in [0.3, 0.4) is 0 Å². The fraction of sp³-hybridized carbons (Fsp3) is 0.536. The van der Waals surface area contributed by atoms with Crippen LogP contribution < -0.4 is 16.2 Å². The van der Waals surface area contributed by atoms with Crippen LogP contribution in [0.1, 0.15) is 37.1 Å². The molecule has 1 atom stereocenters. The highest BCUT2D eigenvalue weighted by Gasteiger charge is 2.39. The average Bonchev–Trinajstić information content (AvgIpc) is 3.55. The van der Waals surface area contributed by atoms with Gasteiger partial charge in [-0.3, -0.25) is 14.8 Å². The predicted molar refractivity (Wildman–Crippen MR) is 159 cm³/mol. The van der Waals surface area contributed by atoms with Crippen molar-refractivity contribution in [3.63, 3.8) is 0 Å². The van der Waals surface area contributed by atoms with E-state index in [9.17, 15) is 31.1 Å². The Balaban J connectivity index is 0.000000360. The number of aryl methyl sites for hydroxylation is 1. The molecule has 0 bridgehead atoms. The first-order valence-corrected chi connectivity index (χ1v) is 14.8. The molecule has 1 unspecified atom stereocenters. The maximum atomic E-state index is 13.1. The number of carboxylic acid groups (broad SMARTS) is 2. The van der Waals surface area contributed by atoms with Crippen molar-refractivity contribution in [3.8, 4) is 0 Å². The number of carboxylic acids is 2. The van der Waals surface area contributed by atoms with Crippen LogP contribution in [0.4, 0.5) is 32.2 Å². The number of hydrogen-bond donors (Lipinski definition) is 5. The second-order valence-corrected chi connectivity index (χ2v) is 11.4. The van der Waals surface area contributed by atoms with Crippen molar-refractivity contribution in [2.45, 2.75) is 64.1 Å². The van der Waals surface area contributed by atoms with Crippen molar-refractivity contribution in [1.29, 1.82) is 0 Å². The van der Waals surface area contributed by atoms with Gasteiger partial charge >= 0.3 is 24.3 Å². The molecular weight excluding hydrogens is 664 g/mol. The van der Waals surface area contributed by atoms with E-state index < -0.39 is 24.3 Å². The minimum atomic E-state index is -5.08. The van der Waals surface area contributed by atoms with Gasteiger partial charge in [-0.25, -0.2) is 14.6 Å². The number of alkyl halides is 6. The lowest BCUT2D eigenvalue weighted by atomic mass is 10.2. The maximum Gasteiger partial charge on any atom is 0.490 e. The Hall–Kier alpha value is -3.90. The quantitative estimate of drug-likeness (QED) is 0.151. The highest BCUT2D eigenvalue weighted by molar-refractivity contribution is 6.31. The molecule has 1 aromatic carbocycles. The first kappa shape index (κ1) is 37.6. The second kappa shape index (κ2) is 16.3. The molecule has 3 heterocycles. The van der Waals surface area contributed by atoms with Crippen LogP contribution in [-0.2, 0) is 22.7 Å². The van der Waals surface area contributed by atoms with Gasteiger partial charge in [0.15, 0.2) is 5.82 Å². The molecule has 3 aromatic rings. The Morgan fingerprint density at radius 2 is 1.72 bits per heavy atom. The number of aliphatic carboxylic acids is 2. The molecule has 0 spiro atoms. The first-order valence-electron chi connectivity index (χ1n) is 14.4. The maximum absolute atomic E-state index is 13.1. The Bertz CT molecular complexity index is 1550. The lowest BCUT2D eigenvalue weighted by molar-refractivity contribution is -0.193. The van der Waals surface area contributed by atoms with E-state index in [1.165, 1.54) is 38.8 Å². The molecule has 1 saturated carbocycles. The summed E-state index contributed by atoms with van der Waals surface area (Å²) in [7, 11) is 0. The average molecular weight is 698 g/mol. The molecule has 5 N–H and O–H groups in total. The number of likely N-dealkylation sites (tertiary alicyclic amines) is 1. The molecule has 0 radical (unpaired) electrons. The lowest BCUT2D eigenvalue weighted by Gasteiger charge is -2.24. The number of benzene rings is 1. The normalized spacial score (nSPS) is 16.6. The van der Waals surface area contributed by atoms with Gasteiger partial charge in [-0.1, -0.05) is 11.6 Å². The number of anilines is 1. The van der Waals surface area contributed by atoms with Crippen LogP contribution in [0.5, 0.6) is 0 Å². The summed E-state index contributed by atoms with van der Waals surface area (Å²) >= 11 is 6.12. The molecule has 2 aromatic heterocycles. The summed E-state index contributed by atoms with van der Waals surface area (Å²) in [6, 6.07) is 6.16. The van der Waals surface area contributed by atoms with Gasteiger partial charge in [0.1, 0.15) is 0 Å². The zero-order chi connectivity index (χ0) is 34.9. The number of nitrogens with zero attached hydrogens (tertiary/aromatic N) is 4. The third kappa shape index (κ3) is 11.7. The summed E-state index contributed by atoms with van der Waals surface area (Å²) in [5.41, 5.74) is 2.69. The Morgan fingerprint density at radius 1 is 1.09 bits per heavy atom. The smallest absolute Gasteiger partial charge is 0.475 e. The number of halogens is 7. The SMILES string of the molecule is Cc1cnc(NCC2CCCN2CC2CC2)c(=O)n1CCNCc1[nH]nc2ccc(Cl)cc12.O=C(O)C(F)(F)F.O=C(O)C(F)(F)F. The molecule has 260 valence electrons. The molecule has 2 fully saturated rings. The van der Waals surface area contributed by atoms with E-state index in [-0.39, 0.29) is 5.56 Å². The molecule has 1 saturated heterocycles. The standard InChI is InChI=1S/C24H32ClN7O.2C2HF3O2/c1-16-12-27-23(28-13-19-3-2-9-31(19)15-17-4-5-17)24(33)32(16)10-8-26-14-22-20-11-18(25)6-7-21(20)29-30-22;2*3-2(4,5)1(6)7/h6-7,11-12,17,19,26H,2-5,8-10,13-15H2,1H3,(H,27,28)(H,29,30);2*(H,6,7). The van der Waals surface area contributed by atoms with Crippen LogP contribution >= 0.6 is 11.6 Å². The Morgan fingerprint density at radius 3 is 2.32 bits per heavy atom. The van der Waals surface area contributed by atoms with Crippen molar-refractivity contribution in [3.05, 3.63) is 51.2 Å². The molecule has 19 heteroatoms. The van der Waals surface area contributed by atoms with Gasteiger partial charge in [-0.05, 0) is 63.3 Å². The van der Waals surface area contributed by atoms with Crippen molar-refractivity contribution >= 4 is 40.3 Å². The van der Waals surface area contributed by atoms with Crippen molar-refractivity contribution < 1.29 is 46.1 Å². The van der Waals surface area contributed by atoms with Crippen molar-refractivity contribution in [2.75, 3.05) is 31.5 Å². The molecule has 47 heavy (non-hydrogen) atoms. The number of hydrogen-bond acceptors (Lipinski definition) is 8. The number of aromatic nitrogens is 4. The number of nitrogens with one attached hydrogen (secondary N) is 3. The second-order valence-electron chi connectivity index (χ2n) is 11.0. The number of H-pyrrole nitrogens is 1.